The molecule has 1 atom stereocenters. The van der Waals surface area contributed by atoms with Gasteiger partial charge in [-0.1, -0.05) is 45.7 Å². The molecule has 2 rings (SSSR count). The van der Waals surface area contributed by atoms with Gasteiger partial charge in [-0.25, -0.2) is 0 Å². The molecule has 0 aliphatic heterocycles. The molecule has 0 bridgehead atoms. The summed E-state index contributed by atoms with van der Waals surface area (Å²) in [6, 6.07) is 11.9. The standard InChI is InChI=1S/C18H18BrClO/c1-4-6-13(3)21-17-8-5-7-16(20)18(17)15-11-14(19)10-9-12(15)2/h4-5,7-11,13H,1,6H2,2-3H3/t13-/m0/s1. The Kier molecular flexibility index (Phi) is 5.49. The van der Waals surface area contributed by atoms with E-state index in [1.165, 1.54) is 0 Å². The average Bonchev–Trinajstić information content (AvgIpc) is 2.42. The van der Waals surface area contributed by atoms with E-state index < -0.39 is 0 Å². The average molecular weight is 366 g/mol. The second-order valence-corrected chi connectivity index (χ2v) is 6.35. The molecule has 0 spiro atoms. The Morgan fingerprint density at radius 3 is 2.81 bits per heavy atom. The van der Waals surface area contributed by atoms with Crippen molar-refractivity contribution in [1.82, 2.24) is 0 Å². The first kappa shape index (κ1) is 16.1. The SMILES string of the molecule is C=CC[C@H](C)Oc1cccc(Cl)c1-c1cc(Br)ccc1C. The molecule has 1 nitrogen and oxygen atoms in total. The van der Waals surface area contributed by atoms with Gasteiger partial charge in [0.2, 0.25) is 0 Å². The van der Waals surface area contributed by atoms with Gasteiger partial charge < -0.3 is 4.74 Å². The Hall–Kier alpha value is -1.25. The quantitative estimate of drug-likeness (QED) is 0.555. The summed E-state index contributed by atoms with van der Waals surface area (Å²) < 4.78 is 7.07. The van der Waals surface area contributed by atoms with Gasteiger partial charge in [-0.15, -0.1) is 6.58 Å². The topological polar surface area (TPSA) is 9.23 Å². The Labute approximate surface area is 139 Å². The number of hydrogen-bond acceptors (Lipinski definition) is 1. The predicted octanol–water partition coefficient (Wildman–Crippen LogP) is 6.42. The highest BCUT2D eigenvalue weighted by Gasteiger charge is 2.15. The molecule has 3 heteroatoms. The van der Waals surface area contributed by atoms with Crippen molar-refractivity contribution in [3.8, 4) is 16.9 Å². The second kappa shape index (κ2) is 7.15. The van der Waals surface area contributed by atoms with E-state index in [4.69, 9.17) is 16.3 Å². The van der Waals surface area contributed by atoms with Crippen LogP contribution in [-0.2, 0) is 0 Å². The fourth-order valence-corrected chi connectivity index (χ4v) is 2.86. The van der Waals surface area contributed by atoms with Gasteiger partial charge in [-0.2, -0.15) is 0 Å². The number of hydrogen-bond donors (Lipinski definition) is 0. The van der Waals surface area contributed by atoms with E-state index in [0.717, 1.165) is 33.3 Å². The molecule has 21 heavy (non-hydrogen) atoms. The van der Waals surface area contributed by atoms with Crippen LogP contribution < -0.4 is 4.74 Å². The molecule has 2 aromatic carbocycles. The van der Waals surface area contributed by atoms with E-state index >= 15 is 0 Å². The molecule has 0 unspecified atom stereocenters. The van der Waals surface area contributed by atoms with Crippen LogP contribution in [-0.4, -0.2) is 6.10 Å². The first-order chi connectivity index (χ1) is 10.0. The van der Waals surface area contributed by atoms with Gasteiger partial charge in [-0.3, -0.25) is 0 Å². The van der Waals surface area contributed by atoms with E-state index in [-0.39, 0.29) is 6.10 Å². The second-order valence-electron chi connectivity index (χ2n) is 5.03. The van der Waals surface area contributed by atoms with Crippen molar-refractivity contribution in [2.75, 3.05) is 0 Å². The maximum absolute atomic E-state index is 6.43. The van der Waals surface area contributed by atoms with Crippen LogP contribution in [0.3, 0.4) is 0 Å². The molecule has 0 saturated heterocycles. The minimum absolute atomic E-state index is 0.0622. The molecular formula is C18H18BrClO. The van der Waals surface area contributed by atoms with Gasteiger partial charge >= 0.3 is 0 Å². The van der Waals surface area contributed by atoms with Crippen molar-refractivity contribution in [2.45, 2.75) is 26.4 Å². The molecule has 0 radical (unpaired) electrons. The molecule has 0 aliphatic rings. The van der Waals surface area contributed by atoms with Crippen molar-refractivity contribution in [3.63, 3.8) is 0 Å². The Bertz CT molecular complexity index is 652. The molecule has 110 valence electrons. The van der Waals surface area contributed by atoms with Crippen LogP contribution in [0.2, 0.25) is 5.02 Å². The summed E-state index contributed by atoms with van der Waals surface area (Å²) in [5, 5.41) is 0.694. The van der Waals surface area contributed by atoms with Gasteiger partial charge in [0.1, 0.15) is 5.75 Å². The zero-order valence-electron chi connectivity index (χ0n) is 12.2. The first-order valence-electron chi connectivity index (χ1n) is 6.85. The van der Waals surface area contributed by atoms with E-state index in [1.54, 1.807) is 0 Å². The van der Waals surface area contributed by atoms with Crippen molar-refractivity contribution in [2.24, 2.45) is 0 Å². The van der Waals surface area contributed by atoms with E-state index in [1.807, 2.05) is 37.3 Å². The van der Waals surface area contributed by atoms with Crippen LogP contribution in [0.15, 0.2) is 53.5 Å². The van der Waals surface area contributed by atoms with E-state index in [2.05, 4.69) is 41.6 Å². The van der Waals surface area contributed by atoms with Crippen molar-refractivity contribution in [3.05, 3.63) is 64.1 Å². The summed E-state index contributed by atoms with van der Waals surface area (Å²) in [5.41, 5.74) is 3.18. The largest absolute Gasteiger partial charge is 0.490 e. The number of ether oxygens (including phenoxy) is 1. The molecule has 0 amide bonds. The number of benzene rings is 2. The lowest BCUT2D eigenvalue weighted by Crippen LogP contribution is -2.11. The first-order valence-corrected chi connectivity index (χ1v) is 8.02. The van der Waals surface area contributed by atoms with Crippen molar-refractivity contribution in [1.29, 1.82) is 0 Å². The van der Waals surface area contributed by atoms with Gasteiger partial charge in [-0.05, 0) is 49.2 Å². The molecule has 0 saturated carbocycles. The summed E-state index contributed by atoms with van der Waals surface area (Å²) in [6.07, 6.45) is 2.72. The van der Waals surface area contributed by atoms with Crippen LogP contribution in [0.4, 0.5) is 0 Å². The summed E-state index contributed by atoms with van der Waals surface area (Å²) in [5.74, 6) is 0.804. The van der Waals surface area contributed by atoms with Crippen LogP contribution in [0, 0.1) is 6.92 Å². The molecule has 0 N–H and O–H groups in total. The summed E-state index contributed by atoms with van der Waals surface area (Å²) in [6.45, 7) is 7.85. The molecule has 0 aromatic heterocycles. The molecule has 0 heterocycles. The summed E-state index contributed by atoms with van der Waals surface area (Å²) >= 11 is 9.95. The van der Waals surface area contributed by atoms with Crippen LogP contribution in [0.1, 0.15) is 18.9 Å². The number of aryl methyl sites for hydroxylation is 1. The lowest BCUT2D eigenvalue weighted by Gasteiger charge is -2.18. The minimum atomic E-state index is 0.0622. The summed E-state index contributed by atoms with van der Waals surface area (Å²) in [7, 11) is 0. The van der Waals surface area contributed by atoms with Crippen LogP contribution >= 0.6 is 27.5 Å². The van der Waals surface area contributed by atoms with Gasteiger partial charge in [0.15, 0.2) is 0 Å². The Balaban J connectivity index is 2.51. The Morgan fingerprint density at radius 2 is 2.10 bits per heavy atom. The molecule has 0 aliphatic carbocycles. The number of rotatable bonds is 5. The van der Waals surface area contributed by atoms with Crippen LogP contribution in [0.25, 0.3) is 11.1 Å². The zero-order valence-corrected chi connectivity index (χ0v) is 14.5. The monoisotopic (exact) mass is 364 g/mol. The van der Waals surface area contributed by atoms with Crippen molar-refractivity contribution < 1.29 is 4.74 Å². The fraction of sp³-hybridized carbons (Fsp3) is 0.222. The third kappa shape index (κ3) is 3.90. The molecular weight excluding hydrogens is 348 g/mol. The number of halogens is 2. The molecule has 2 aromatic rings. The van der Waals surface area contributed by atoms with E-state index in [0.29, 0.717) is 5.02 Å². The Morgan fingerprint density at radius 1 is 1.33 bits per heavy atom. The lowest BCUT2D eigenvalue weighted by molar-refractivity contribution is 0.226. The molecule has 0 fully saturated rings. The third-order valence-corrected chi connectivity index (χ3v) is 4.08. The maximum atomic E-state index is 6.43. The van der Waals surface area contributed by atoms with Gasteiger partial charge in [0.25, 0.3) is 0 Å². The van der Waals surface area contributed by atoms with Crippen molar-refractivity contribution >= 4 is 27.5 Å². The van der Waals surface area contributed by atoms with Gasteiger partial charge in [0, 0.05) is 16.5 Å². The fourth-order valence-electron chi connectivity index (χ4n) is 2.23. The lowest BCUT2D eigenvalue weighted by atomic mass is 9.99. The normalized spacial score (nSPS) is 12.0. The highest BCUT2D eigenvalue weighted by Crippen LogP contribution is 2.39. The van der Waals surface area contributed by atoms with E-state index in [9.17, 15) is 0 Å². The zero-order chi connectivity index (χ0) is 15.4. The highest BCUT2D eigenvalue weighted by molar-refractivity contribution is 9.10. The minimum Gasteiger partial charge on any atom is -0.490 e. The highest BCUT2D eigenvalue weighted by atomic mass is 79.9. The maximum Gasteiger partial charge on any atom is 0.129 e. The summed E-state index contributed by atoms with van der Waals surface area (Å²) in [4.78, 5) is 0. The third-order valence-electron chi connectivity index (χ3n) is 3.27. The van der Waals surface area contributed by atoms with Crippen LogP contribution in [0.5, 0.6) is 5.75 Å². The predicted molar refractivity (Wildman–Crippen MR) is 94.2 cm³/mol. The smallest absolute Gasteiger partial charge is 0.129 e. The van der Waals surface area contributed by atoms with Gasteiger partial charge in [0.05, 0.1) is 11.1 Å².